The zero-order valence-corrected chi connectivity index (χ0v) is 12.2. The van der Waals surface area contributed by atoms with Gasteiger partial charge in [0.05, 0.1) is 17.6 Å². The van der Waals surface area contributed by atoms with Crippen LogP contribution in [0.4, 0.5) is 5.82 Å². The minimum absolute atomic E-state index is 0.564. The predicted octanol–water partition coefficient (Wildman–Crippen LogP) is 3.24. The molecule has 0 aliphatic carbocycles. The minimum Gasteiger partial charge on any atom is -0.352 e. The van der Waals surface area contributed by atoms with Crippen LogP contribution >= 0.6 is 15.9 Å². The number of aryl methyl sites for hydroxylation is 2. The number of alkyl halides is 1. The average Bonchev–Trinajstić information content (AvgIpc) is 2.57. The summed E-state index contributed by atoms with van der Waals surface area (Å²) in [4.78, 5) is 11.5. The van der Waals surface area contributed by atoms with Crippen molar-refractivity contribution in [3.63, 3.8) is 0 Å². The molecule has 1 fully saturated rings. The number of hydrogen-bond acceptors (Lipinski definition) is 3. The molecule has 1 aromatic rings. The first kappa shape index (κ1) is 12.8. The Morgan fingerprint density at radius 1 is 1.29 bits per heavy atom. The molecule has 0 bridgehead atoms. The molecule has 3 nitrogen and oxygen atoms in total. The second-order valence-electron chi connectivity index (χ2n) is 4.75. The van der Waals surface area contributed by atoms with Crippen LogP contribution in [0.5, 0.6) is 0 Å². The molecule has 0 spiro atoms. The molecule has 2 heterocycles. The summed E-state index contributed by atoms with van der Waals surface area (Å²) in [6.45, 7) is 5.15. The highest BCUT2D eigenvalue weighted by atomic mass is 79.9. The lowest BCUT2D eigenvalue weighted by molar-refractivity contribution is 0.619. The molecule has 17 heavy (non-hydrogen) atoms. The summed E-state index contributed by atoms with van der Waals surface area (Å²) in [5.41, 5.74) is 2.07. The van der Waals surface area contributed by atoms with Crippen molar-refractivity contribution in [1.29, 1.82) is 0 Å². The molecule has 1 aromatic heterocycles. The Bertz CT molecular complexity index is 381. The quantitative estimate of drug-likeness (QED) is 0.785. The first-order valence-electron chi connectivity index (χ1n) is 6.35. The third-order valence-corrected chi connectivity index (χ3v) is 4.28. The van der Waals surface area contributed by atoms with Crippen LogP contribution in [0.2, 0.25) is 0 Å². The summed E-state index contributed by atoms with van der Waals surface area (Å²) < 4.78 is 0. The van der Waals surface area contributed by atoms with Crippen LogP contribution in [0.1, 0.15) is 37.1 Å². The predicted molar refractivity (Wildman–Crippen MR) is 74.9 cm³/mol. The summed E-state index contributed by atoms with van der Waals surface area (Å²) >= 11 is 3.63. The summed E-state index contributed by atoms with van der Waals surface area (Å²) in [5.74, 6) is 1.04. The fourth-order valence-electron chi connectivity index (χ4n) is 2.31. The number of halogens is 1. The van der Waals surface area contributed by atoms with Gasteiger partial charge in [0.15, 0.2) is 0 Å². The molecule has 2 rings (SSSR count). The summed E-state index contributed by atoms with van der Waals surface area (Å²) in [6.07, 6.45) is 7.09. The van der Waals surface area contributed by atoms with Gasteiger partial charge in [-0.3, -0.25) is 4.98 Å². The van der Waals surface area contributed by atoms with Gasteiger partial charge in [-0.1, -0.05) is 28.8 Å². The van der Waals surface area contributed by atoms with E-state index in [9.17, 15) is 0 Å². The second-order valence-corrected chi connectivity index (χ2v) is 5.40. The number of anilines is 1. The van der Waals surface area contributed by atoms with Crippen LogP contribution in [0, 0.1) is 13.8 Å². The monoisotopic (exact) mass is 297 g/mol. The average molecular weight is 298 g/mol. The molecule has 1 atom stereocenters. The first-order chi connectivity index (χ1) is 8.22. The van der Waals surface area contributed by atoms with Crippen molar-refractivity contribution in [1.82, 2.24) is 9.97 Å². The normalized spacial score (nSPS) is 21.4. The van der Waals surface area contributed by atoms with E-state index in [0.29, 0.717) is 6.04 Å². The van der Waals surface area contributed by atoms with E-state index in [0.717, 1.165) is 29.1 Å². The maximum Gasteiger partial charge on any atom is 0.147 e. The van der Waals surface area contributed by atoms with Crippen molar-refractivity contribution in [2.24, 2.45) is 0 Å². The first-order valence-corrected chi connectivity index (χ1v) is 7.47. The van der Waals surface area contributed by atoms with E-state index >= 15 is 0 Å². The molecule has 1 aliphatic rings. The van der Waals surface area contributed by atoms with Crippen molar-refractivity contribution in [2.45, 2.75) is 45.6 Å². The Kier molecular flexibility index (Phi) is 4.37. The Labute approximate surface area is 112 Å². The van der Waals surface area contributed by atoms with E-state index in [2.05, 4.69) is 30.8 Å². The number of nitrogens with zero attached hydrogens (tertiary/aromatic N) is 3. The van der Waals surface area contributed by atoms with E-state index in [4.69, 9.17) is 0 Å². The third kappa shape index (κ3) is 2.97. The molecule has 94 valence electrons. The highest BCUT2D eigenvalue weighted by Crippen LogP contribution is 2.23. The van der Waals surface area contributed by atoms with Gasteiger partial charge in [-0.2, -0.15) is 0 Å². The van der Waals surface area contributed by atoms with Gasteiger partial charge < -0.3 is 4.90 Å². The number of aromatic nitrogens is 2. The van der Waals surface area contributed by atoms with Gasteiger partial charge in [0.1, 0.15) is 5.82 Å². The lowest BCUT2D eigenvalue weighted by Gasteiger charge is -2.29. The molecule has 0 N–H and O–H groups in total. The largest absolute Gasteiger partial charge is 0.352 e. The highest BCUT2D eigenvalue weighted by Gasteiger charge is 2.21. The molecule has 0 radical (unpaired) electrons. The fraction of sp³-hybridized carbons (Fsp3) is 0.692. The molecule has 0 saturated carbocycles. The van der Waals surface area contributed by atoms with E-state index in [1.54, 1.807) is 0 Å². The zero-order chi connectivity index (χ0) is 12.3. The third-order valence-electron chi connectivity index (χ3n) is 3.53. The molecular formula is C13H20BrN3. The molecule has 0 amide bonds. The minimum atomic E-state index is 0.564. The second kappa shape index (κ2) is 5.80. The lowest BCUT2D eigenvalue weighted by Crippen LogP contribution is -2.37. The van der Waals surface area contributed by atoms with Gasteiger partial charge in [0, 0.05) is 17.9 Å². The molecule has 0 aromatic carbocycles. The van der Waals surface area contributed by atoms with Gasteiger partial charge in [-0.15, -0.1) is 0 Å². The van der Waals surface area contributed by atoms with Gasteiger partial charge in [-0.25, -0.2) is 4.98 Å². The maximum atomic E-state index is 4.68. The summed E-state index contributed by atoms with van der Waals surface area (Å²) in [6, 6.07) is 0.564. The van der Waals surface area contributed by atoms with Gasteiger partial charge in [-0.05, 0) is 26.7 Å². The summed E-state index contributed by atoms with van der Waals surface area (Å²) in [7, 11) is 0. The van der Waals surface area contributed by atoms with Gasteiger partial charge >= 0.3 is 0 Å². The Morgan fingerprint density at radius 2 is 2.12 bits per heavy atom. The van der Waals surface area contributed by atoms with E-state index < -0.39 is 0 Å². The Morgan fingerprint density at radius 3 is 2.82 bits per heavy atom. The SMILES string of the molecule is Cc1ncc(N2CCCCCC2CBr)nc1C. The Hall–Kier alpha value is -0.640. The van der Waals surface area contributed by atoms with Crippen molar-refractivity contribution in [3.8, 4) is 0 Å². The van der Waals surface area contributed by atoms with E-state index in [1.807, 2.05) is 20.0 Å². The van der Waals surface area contributed by atoms with Crippen molar-refractivity contribution >= 4 is 21.7 Å². The molecule has 1 aliphatic heterocycles. The van der Waals surface area contributed by atoms with Crippen LogP contribution in [0.15, 0.2) is 6.20 Å². The smallest absolute Gasteiger partial charge is 0.147 e. The zero-order valence-electron chi connectivity index (χ0n) is 10.6. The Balaban J connectivity index is 2.25. The van der Waals surface area contributed by atoms with Crippen LogP contribution in [-0.2, 0) is 0 Å². The van der Waals surface area contributed by atoms with Crippen LogP contribution < -0.4 is 4.90 Å². The van der Waals surface area contributed by atoms with Crippen LogP contribution in [0.3, 0.4) is 0 Å². The topological polar surface area (TPSA) is 29.0 Å². The molecule has 1 unspecified atom stereocenters. The highest BCUT2D eigenvalue weighted by molar-refractivity contribution is 9.09. The van der Waals surface area contributed by atoms with E-state index in [-0.39, 0.29) is 0 Å². The maximum absolute atomic E-state index is 4.68. The van der Waals surface area contributed by atoms with Crippen molar-refractivity contribution in [2.75, 3.05) is 16.8 Å². The van der Waals surface area contributed by atoms with Gasteiger partial charge in [0.25, 0.3) is 0 Å². The van der Waals surface area contributed by atoms with Crippen molar-refractivity contribution in [3.05, 3.63) is 17.6 Å². The molecular weight excluding hydrogens is 278 g/mol. The fourth-order valence-corrected chi connectivity index (χ4v) is 2.98. The van der Waals surface area contributed by atoms with Crippen molar-refractivity contribution < 1.29 is 0 Å². The van der Waals surface area contributed by atoms with Gasteiger partial charge in [0.2, 0.25) is 0 Å². The van der Waals surface area contributed by atoms with E-state index in [1.165, 1.54) is 25.7 Å². The van der Waals surface area contributed by atoms with Crippen LogP contribution in [-0.4, -0.2) is 27.9 Å². The molecule has 4 heteroatoms. The summed E-state index contributed by atoms with van der Waals surface area (Å²) in [5, 5.41) is 1.02. The number of hydrogen-bond donors (Lipinski definition) is 0. The van der Waals surface area contributed by atoms with Crippen LogP contribution in [0.25, 0.3) is 0 Å². The molecule has 1 saturated heterocycles. The lowest BCUT2D eigenvalue weighted by atomic mass is 10.1. The number of rotatable bonds is 2. The standard InChI is InChI=1S/C13H20BrN3/c1-10-11(2)16-13(9-15-10)17-7-5-3-4-6-12(17)8-14/h9,12H,3-8H2,1-2H3.